The van der Waals surface area contributed by atoms with Crippen LogP contribution in [0, 0.1) is 20.8 Å². The number of nitrogens with zero attached hydrogens (tertiary/aromatic N) is 2. The summed E-state index contributed by atoms with van der Waals surface area (Å²) in [7, 11) is -0.831. The van der Waals surface area contributed by atoms with E-state index >= 15 is 0 Å². The summed E-state index contributed by atoms with van der Waals surface area (Å²) in [5, 5.41) is 13.4. The Hall–Kier alpha value is -4.79. The molecule has 0 amide bonds. The fourth-order valence-electron chi connectivity index (χ4n) is 5.75. The van der Waals surface area contributed by atoms with Crippen molar-refractivity contribution in [1.82, 2.24) is 0 Å². The van der Waals surface area contributed by atoms with Gasteiger partial charge in [-0.25, -0.2) is 0 Å². The average Bonchev–Trinajstić information content (AvgIpc) is 3.22. The van der Waals surface area contributed by atoms with Crippen LogP contribution in [0.4, 0.5) is 5.69 Å². The Morgan fingerprint density at radius 1 is 0.421 bits per heavy atom. The maximum atomic E-state index is 5.53. The fourth-order valence-corrected chi connectivity index (χ4v) is 8.05. The minimum absolute atomic E-state index is 0. The predicted octanol–water partition coefficient (Wildman–Crippen LogP) is 14.5. The second kappa shape index (κ2) is 26.2. The van der Waals surface area contributed by atoms with Gasteiger partial charge in [0, 0.05) is 25.8 Å². The molecule has 0 aliphatic heterocycles. The van der Waals surface area contributed by atoms with Crippen molar-refractivity contribution in [2.75, 3.05) is 0 Å². The Morgan fingerprint density at radius 3 is 1.04 bits per heavy atom. The van der Waals surface area contributed by atoms with Gasteiger partial charge in [0.15, 0.2) is 0 Å². The molecule has 0 bridgehead atoms. The summed E-state index contributed by atoms with van der Waals surface area (Å²) in [5.41, 5.74) is 8.15. The van der Waals surface area contributed by atoms with Gasteiger partial charge in [-0.3, -0.25) is 0 Å². The monoisotopic (exact) mass is 931 g/mol. The van der Waals surface area contributed by atoms with Crippen molar-refractivity contribution in [3.8, 4) is 0 Å². The van der Waals surface area contributed by atoms with E-state index < -0.39 is 7.92 Å². The minimum Gasteiger partial charge on any atom is -0.695 e. The van der Waals surface area contributed by atoms with Crippen molar-refractivity contribution in [2.24, 2.45) is 0 Å². The number of hydrogen-bond donors (Lipinski definition) is 0. The molecule has 0 saturated heterocycles. The quantitative estimate of drug-likeness (QED) is 0.0743. The van der Waals surface area contributed by atoms with E-state index in [2.05, 4.69) is 158 Å². The van der Waals surface area contributed by atoms with E-state index in [1.54, 1.807) is 0 Å². The van der Waals surface area contributed by atoms with Crippen LogP contribution in [0.1, 0.15) is 72.9 Å². The first-order valence-corrected chi connectivity index (χ1v) is 20.7. The number of hydrogen-bond acceptors (Lipinski definition) is 0. The molecule has 0 saturated carbocycles. The van der Waals surface area contributed by atoms with E-state index in [0.29, 0.717) is 18.4 Å². The van der Waals surface area contributed by atoms with E-state index in [-0.39, 0.29) is 31.8 Å². The van der Waals surface area contributed by atoms with Gasteiger partial charge in [0.2, 0.25) is 0 Å². The Labute approximate surface area is 364 Å². The SMILES string of the molecule is CC(C)c1cccc(C(C)C)c1[N-]C([N-]Cc1ccccc1)P(c1ccccc1)c1ccccc1.[CH2-]c1ccccc1.[CH2-]c1ccccc1.[CH2-]c1ccccc1.[Hf]. The Bertz CT molecular complexity index is 1890. The van der Waals surface area contributed by atoms with Crippen LogP contribution in [0.2, 0.25) is 0 Å². The van der Waals surface area contributed by atoms with E-state index in [1.807, 2.05) is 91.0 Å². The summed E-state index contributed by atoms with van der Waals surface area (Å²) in [6.45, 7) is 20.8. The molecule has 292 valence electrons. The molecule has 0 heterocycles. The van der Waals surface area contributed by atoms with Crippen molar-refractivity contribution < 1.29 is 25.8 Å². The Kier molecular flexibility index (Phi) is 21.4. The predicted molar refractivity (Wildman–Crippen MR) is 247 cm³/mol. The maximum Gasteiger partial charge on any atom is 0 e. The van der Waals surface area contributed by atoms with Crippen LogP contribution < -0.4 is 10.6 Å². The molecule has 1 unspecified atom stereocenters. The van der Waals surface area contributed by atoms with Gasteiger partial charge >= 0.3 is 0 Å². The molecule has 57 heavy (non-hydrogen) atoms. The van der Waals surface area contributed by atoms with Gasteiger partial charge in [-0.05, 0) is 22.4 Å². The molecular weight excluding hydrogens is 874 g/mol. The third-order valence-corrected chi connectivity index (χ3v) is 11.1. The van der Waals surface area contributed by atoms with Gasteiger partial charge in [-0.1, -0.05) is 180 Å². The zero-order chi connectivity index (χ0) is 40.0. The first kappa shape index (κ1) is 46.6. The topological polar surface area (TPSA) is 28.2 Å². The standard InChI is InChI=1S/C32H35N2P.3C7H7.Hf/c1-24(2)29-21-14-22-30(25(3)4)31(29)34-32(33-23-26-15-8-5-9-16-26)35(27-17-10-6-11-18-27)28-19-12-7-13-20-28;3*1-7-5-3-2-4-6-7;/h5-22,24-25,32H,23H2,1-4H3;3*2-6H,1H2;/q-2;3*-1;. The molecule has 0 fully saturated rings. The molecular formula is C53H56HfN2P-5. The number of rotatable bonds is 10. The second-order valence-corrected chi connectivity index (χ2v) is 16.1. The number of benzene rings is 7. The summed E-state index contributed by atoms with van der Waals surface area (Å²) < 4.78 is 0. The molecule has 0 radical (unpaired) electrons. The fraction of sp³-hybridized carbons (Fsp3) is 0.151. The van der Waals surface area contributed by atoms with Gasteiger partial charge in [0.05, 0.1) is 0 Å². The third-order valence-electron chi connectivity index (χ3n) is 8.70. The van der Waals surface area contributed by atoms with Gasteiger partial charge in [0.1, 0.15) is 0 Å². The van der Waals surface area contributed by atoms with E-state index in [1.165, 1.54) is 27.3 Å². The Balaban J connectivity index is 0.000000317. The van der Waals surface area contributed by atoms with Crippen LogP contribution in [-0.4, -0.2) is 5.91 Å². The van der Waals surface area contributed by atoms with E-state index in [0.717, 1.165) is 22.4 Å². The molecule has 7 aromatic carbocycles. The van der Waals surface area contributed by atoms with Crippen molar-refractivity contribution >= 4 is 24.2 Å². The van der Waals surface area contributed by atoms with Crippen LogP contribution in [0.25, 0.3) is 10.6 Å². The molecule has 7 aromatic rings. The number of para-hydroxylation sites is 1. The van der Waals surface area contributed by atoms with Gasteiger partial charge in [-0.2, -0.15) is 79.8 Å². The smallest absolute Gasteiger partial charge is 0 e. The Morgan fingerprint density at radius 2 is 0.737 bits per heavy atom. The summed E-state index contributed by atoms with van der Waals surface area (Å²) >= 11 is 0. The molecule has 0 spiro atoms. The van der Waals surface area contributed by atoms with Crippen LogP contribution >= 0.6 is 7.92 Å². The molecule has 0 aliphatic carbocycles. The zero-order valence-electron chi connectivity index (χ0n) is 34.0. The normalized spacial score (nSPS) is 10.7. The minimum atomic E-state index is -0.831. The largest absolute Gasteiger partial charge is 0.695 e. The van der Waals surface area contributed by atoms with Crippen molar-refractivity contribution in [3.63, 3.8) is 0 Å². The summed E-state index contributed by atoms with van der Waals surface area (Å²) in [6, 6.07) is 68.4. The van der Waals surface area contributed by atoms with Crippen molar-refractivity contribution in [1.29, 1.82) is 0 Å². The summed E-state index contributed by atoms with van der Waals surface area (Å²) in [4.78, 5) is 0. The molecule has 4 heteroatoms. The van der Waals surface area contributed by atoms with Gasteiger partial charge < -0.3 is 10.6 Å². The molecule has 7 rings (SSSR count). The van der Waals surface area contributed by atoms with Crippen LogP contribution in [0.5, 0.6) is 0 Å². The van der Waals surface area contributed by atoms with Gasteiger partial charge in [0.25, 0.3) is 0 Å². The molecule has 1 atom stereocenters. The third kappa shape index (κ3) is 16.7. The summed E-state index contributed by atoms with van der Waals surface area (Å²) in [5.74, 6) is 0.594. The van der Waals surface area contributed by atoms with E-state index in [9.17, 15) is 0 Å². The van der Waals surface area contributed by atoms with Gasteiger partial charge in [-0.15, -0.1) is 48.6 Å². The average molecular weight is 931 g/mol. The molecule has 0 aromatic heterocycles. The molecule has 0 aliphatic rings. The van der Waals surface area contributed by atoms with Crippen LogP contribution in [0.15, 0.2) is 200 Å². The first-order valence-electron chi connectivity index (χ1n) is 19.3. The van der Waals surface area contributed by atoms with Crippen LogP contribution in [0.3, 0.4) is 0 Å². The van der Waals surface area contributed by atoms with Crippen molar-refractivity contribution in [3.05, 3.63) is 265 Å². The second-order valence-electron chi connectivity index (χ2n) is 13.9. The van der Waals surface area contributed by atoms with E-state index in [4.69, 9.17) is 10.6 Å². The first-order chi connectivity index (χ1) is 27.2. The zero-order valence-corrected chi connectivity index (χ0v) is 38.4. The van der Waals surface area contributed by atoms with Crippen molar-refractivity contribution in [2.45, 2.75) is 52.0 Å². The van der Waals surface area contributed by atoms with Crippen LogP contribution in [-0.2, 0) is 32.4 Å². The molecule has 0 N–H and O–H groups in total. The maximum absolute atomic E-state index is 5.53. The molecule has 2 nitrogen and oxygen atoms in total. The summed E-state index contributed by atoms with van der Waals surface area (Å²) in [6.07, 6.45) is 0.